The quantitative estimate of drug-likeness (QED) is 0.674. The van der Waals surface area contributed by atoms with Gasteiger partial charge in [0.25, 0.3) is 0 Å². The molecule has 108 valence electrons. The van der Waals surface area contributed by atoms with E-state index in [1.807, 2.05) is 49.4 Å². The zero-order valence-corrected chi connectivity index (χ0v) is 12.0. The van der Waals surface area contributed by atoms with Crippen LogP contribution >= 0.6 is 0 Å². The van der Waals surface area contributed by atoms with E-state index in [9.17, 15) is 9.90 Å². The summed E-state index contributed by atoms with van der Waals surface area (Å²) in [5, 5.41) is 11.6. The fraction of sp³-hybridized carbons (Fsp3) is 0.105. The third kappa shape index (κ3) is 1.79. The van der Waals surface area contributed by atoms with Gasteiger partial charge >= 0.3 is 5.97 Å². The van der Waals surface area contributed by atoms with Crippen molar-refractivity contribution in [2.45, 2.75) is 13.0 Å². The second kappa shape index (κ2) is 4.60. The first-order valence-electron chi connectivity index (χ1n) is 7.21. The lowest BCUT2D eigenvalue weighted by atomic mass is 9.88. The summed E-state index contributed by atoms with van der Waals surface area (Å²) in [5.74, 6) is -0.115. The minimum absolute atomic E-state index is 0.186. The van der Waals surface area contributed by atoms with E-state index in [1.54, 1.807) is 12.1 Å². The van der Waals surface area contributed by atoms with Gasteiger partial charge in [0.2, 0.25) is 0 Å². The number of benzene rings is 3. The smallest absolute Gasteiger partial charge is 0.339 e. The van der Waals surface area contributed by atoms with Crippen molar-refractivity contribution >= 4 is 16.7 Å². The van der Waals surface area contributed by atoms with Crippen molar-refractivity contribution in [1.82, 2.24) is 0 Å². The molecule has 1 heterocycles. The minimum atomic E-state index is -0.301. The molecule has 0 saturated carbocycles. The monoisotopic (exact) mass is 290 g/mol. The molecule has 0 spiro atoms. The lowest BCUT2D eigenvalue weighted by Gasteiger charge is -2.14. The molecule has 3 heteroatoms. The Balaban J connectivity index is 2.17. The molecular weight excluding hydrogens is 276 g/mol. The zero-order valence-electron chi connectivity index (χ0n) is 12.0. The summed E-state index contributed by atoms with van der Waals surface area (Å²) in [5.41, 5.74) is 3.56. The average Bonchev–Trinajstić information content (AvgIpc) is 2.80. The summed E-state index contributed by atoms with van der Waals surface area (Å²) in [7, 11) is 0. The Labute approximate surface area is 127 Å². The second-order valence-electron chi connectivity index (χ2n) is 5.53. The highest BCUT2D eigenvalue weighted by atomic mass is 16.5. The molecule has 0 bridgehead atoms. The summed E-state index contributed by atoms with van der Waals surface area (Å²) >= 11 is 0. The van der Waals surface area contributed by atoms with Crippen molar-refractivity contribution in [3.8, 4) is 16.9 Å². The van der Waals surface area contributed by atoms with Crippen molar-refractivity contribution in [1.29, 1.82) is 0 Å². The number of hydrogen-bond donors (Lipinski definition) is 1. The van der Waals surface area contributed by atoms with Gasteiger partial charge in [0.05, 0.1) is 5.56 Å². The SMILES string of the molecule is C[C@H]1OC(=O)c2cc3cc(O)ccc3c(-c3ccccc3)c21. The number of phenols is 1. The number of phenolic OH excluding ortho intramolecular Hbond substituents is 1. The van der Waals surface area contributed by atoms with Crippen LogP contribution in [0.25, 0.3) is 21.9 Å². The molecule has 1 aliphatic heterocycles. The molecule has 0 amide bonds. The number of carbonyl (C=O) groups excluding carboxylic acids is 1. The normalized spacial score (nSPS) is 16.6. The predicted octanol–water partition coefficient (Wildman–Crippen LogP) is 4.44. The molecular formula is C19H14O3. The van der Waals surface area contributed by atoms with Crippen LogP contribution in [0.3, 0.4) is 0 Å². The number of carbonyl (C=O) groups is 1. The van der Waals surface area contributed by atoms with E-state index in [-0.39, 0.29) is 17.8 Å². The van der Waals surface area contributed by atoms with Crippen LogP contribution in [0.4, 0.5) is 0 Å². The fourth-order valence-corrected chi connectivity index (χ4v) is 3.20. The molecule has 1 N–H and O–H groups in total. The molecule has 0 saturated heterocycles. The van der Waals surface area contributed by atoms with Gasteiger partial charge in [-0.2, -0.15) is 0 Å². The number of cyclic esters (lactones) is 1. The third-order valence-corrected chi connectivity index (χ3v) is 4.14. The highest BCUT2D eigenvalue weighted by Gasteiger charge is 2.32. The fourth-order valence-electron chi connectivity index (χ4n) is 3.20. The minimum Gasteiger partial charge on any atom is -0.508 e. The second-order valence-corrected chi connectivity index (χ2v) is 5.53. The Morgan fingerprint density at radius 1 is 1.05 bits per heavy atom. The first-order valence-corrected chi connectivity index (χ1v) is 7.21. The Morgan fingerprint density at radius 3 is 2.59 bits per heavy atom. The van der Waals surface area contributed by atoms with Crippen molar-refractivity contribution in [3.63, 3.8) is 0 Å². The van der Waals surface area contributed by atoms with Gasteiger partial charge in [-0.15, -0.1) is 0 Å². The number of hydrogen-bond acceptors (Lipinski definition) is 3. The molecule has 1 atom stereocenters. The van der Waals surface area contributed by atoms with E-state index >= 15 is 0 Å². The Kier molecular flexibility index (Phi) is 2.70. The highest BCUT2D eigenvalue weighted by molar-refractivity contribution is 6.07. The summed E-state index contributed by atoms with van der Waals surface area (Å²) in [6.07, 6.45) is -0.268. The van der Waals surface area contributed by atoms with Crippen LogP contribution in [0.2, 0.25) is 0 Å². The van der Waals surface area contributed by atoms with Crippen LogP contribution in [-0.4, -0.2) is 11.1 Å². The number of esters is 1. The van der Waals surface area contributed by atoms with Crippen molar-refractivity contribution in [3.05, 3.63) is 65.7 Å². The lowest BCUT2D eigenvalue weighted by molar-refractivity contribution is 0.0422. The predicted molar refractivity (Wildman–Crippen MR) is 84.9 cm³/mol. The highest BCUT2D eigenvalue weighted by Crippen LogP contribution is 2.43. The first-order chi connectivity index (χ1) is 10.6. The molecule has 0 aromatic heterocycles. The molecule has 4 rings (SSSR count). The van der Waals surface area contributed by atoms with Gasteiger partial charge in [0, 0.05) is 5.56 Å². The molecule has 1 aliphatic rings. The third-order valence-electron chi connectivity index (χ3n) is 4.14. The van der Waals surface area contributed by atoms with E-state index in [0.717, 1.165) is 27.5 Å². The van der Waals surface area contributed by atoms with Crippen molar-refractivity contribution in [2.24, 2.45) is 0 Å². The van der Waals surface area contributed by atoms with Gasteiger partial charge in [-0.05, 0) is 47.0 Å². The van der Waals surface area contributed by atoms with E-state index in [4.69, 9.17) is 4.74 Å². The van der Waals surface area contributed by atoms with Crippen LogP contribution in [0.5, 0.6) is 5.75 Å². The van der Waals surface area contributed by atoms with E-state index < -0.39 is 0 Å². The van der Waals surface area contributed by atoms with E-state index in [1.165, 1.54) is 0 Å². The average molecular weight is 290 g/mol. The van der Waals surface area contributed by atoms with Crippen LogP contribution in [0.15, 0.2) is 54.6 Å². The van der Waals surface area contributed by atoms with Crippen LogP contribution in [0, 0.1) is 0 Å². The molecule has 0 fully saturated rings. The molecule has 22 heavy (non-hydrogen) atoms. The zero-order chi connectivity index (χ0) is 15.3. The maximum Gasteiger partial charge on any atom is 0.339 e. The van der Waals surface area contributed by atoms with Gasteiger partial charge in [-0.25, -0.2) is 4.79 Å². The molecule has 0 radical (unpaired) electrons. The number of rotatable bonds is 1. The first kappa shape index (κ1) is 12.9. The molecule has 3 aromatic carbocycles. The van der Waals surface area contributed by atoms with Crippen LogP contribution in [0.1, 0.15) is 28.9 Å². The van der Waals surface area contributed by atoms with Gasteiger partial charge in [0.1, 0.15) is 11.9 Å². The van der Waals surface area contributed by atoms with Gasteiger partial charge < -0.3 is 9.84 Å². The number of fused-ring (bicyclic) bond motifs is 2. The van der Waals surface area contributed by atoms with Gasteiger partial charge in [0.15, 0.2) is 0 Å². The Bertz CT molecular complexity index is 897. The molecule has 0 aliphatic carbocycles. The maximum absolute atomic E-state index is 12.1. The largest absolute Gasteiger partial charge is 0.508 e. The Morgan fingerprint density at radius 2 is 1.82 bits per heavy atom. The summed E-state index contributed by atoms with van der Waals surface area (Å²) in [6, 6.07) is 17.0. The summed E-state index contributed by atoms with van der Waals surface area (Å²) in [6.45, 7) is 1.89. The molecule has 0 unspecified atom stereocenters. The number of aromatic hydroxyl groups is 1. The standard InChI is InChI=1S/C19H14O3/c1-11-17-16(19(21)22-11)10-13-9-14(20)7-8-15(13)18(17)12-5-3-2-4-6-12/h2-11,20H,1H3/t11-/m1/s1. The van der Waals surface area contributed by atoms with Crippen LogP contribution in [-0.2, 0) is 4.74 Å². The van der Waals surface area contributed by atoms with Crippen LogP contribution < -0.4 is 0 Å². The van der Waals surface area contributed by atoms with Gasteiger partial charge in [-0.1, -0.05) is 36.4 Å². The summed E-state index contributed by atoms with van der Waals surface area (Å²) in [4.78, 5) is 12.1. The lowest BCUT2D eigenvalue weighted by Crippen LogP contribution is -1.95. The topological polar surface area (TPSA) is 46.5 Å². The molecule has 3 nitrogen and oxygen atoms in total. The van der Waals surface area contributed by atoms with Gasteiger partial charge in [-0.3, -0.25) is 0 Å². The van der Waals surface area contributed by atoms with Crippen molar-refractivity contribution < 1.29 is 14.6 Å². The maximum atomic E-state index is 12.1. The van der Waals surface area contributed by atoms with E-state index in [0.29, 0.717) is 5.56 Å². The Hall–Kier alpha value is -2.81. The van der Waals surface area contributed by atoms with Crippen molar-refractivity contribution in [2.75, 3.05) is 0 Å². The molecule has 3 aromatic rings. The van der Waals surface area contributed by atoms with E-state index in [2.05, 4.69) is 0 Å². The number of ether oxygens (including phenoxy) is 1. The summed E-state index contributed by atoms with van der Waals surface area (Å²) < 4.78 is 5.39.